The van der Waals surface area contributed by atoms with E-state index in [0.717, 1.165) is 12.8 Å². The Morgan fingerprint density at radius 3 is 2.61 bits per heavy atom. The number of amides is 2. The number of hydrogen-bond donors (Lipinski definition) is 0. The molecular formula is C13H19N3O2. The molecule has 18 heavy (non-hydrogen) atoms. The summed E-state index contributed by atoms with van der Waals surface area (Å²) in [6.45, 7) is 2.62. The highest BCUT2D eigenvalue weighted by molar-refractivity contribution is 5.76. The summed E-state index contributed by atoms with van der Waals surface area (Å²) in [6, 6.07) is 4.03. The molecule has 0 N–H and O–H groups in total. The lowest BCUT2D eigenvalue weighted by Crippen LogP contribution is -2.48. The lowest BCUT2D eigenvalue weighted by Gasteiger charge is -2.32. The van der Waals surface area contributed by atoms with Crippen molar-refractivity contribution in [2.45, 2.75) is 12.8 Å². The van der Waals surface area contributed by atoms with Gasteiger partial charge in [-0.05, 0) is 18.6 Å². The molecule has 5 nitrogen and oxygen atoms in total. The predicted octanol–water partition coefficient (Wildman–Crippen LogP) is 0.258. The van der Waals surface area contributed by atoms with Crippen molar-refractivity contribution >= 4 is 12.3 Å². The van der Waals surface area contributed by atoms with Crippen LogP contribution >= 0.6 is 0 Å². The first-order valence-electron chi connectivity index (χ1n) is 6.28. The molecule has 2 rings (SSSR count). The average molecular weight is 249 g/mol. The van der Waals surface area contributed by atoms with Gasteiger partial charge in [-0.15, -0.1) is 0 Å². The third-order valence-corrected chi connectivity index (χ3v) is 3.46. The number of aromatic nitrogens is 1. The van der Waals surface area contributed by atoms with E-state index in [1.807, 2.05) is 34.8 Å². The number of piperazine rings is 1. The van der Waals surface area contributed by atoms with Crippen molar-refractivity contribution in [2.24, 2.45) is 7.05 Å². The van der Waals surface area contributed by atoms with Crippen LogP contribution in [0.3, 0.4) is 0 Å². The Morgan fingerprint density at radius 2 is 2.06 bits per heavy atom. The van der Waals surface area contributed by atoms with Crippen LogP contribution in [0.1, 0.15) is 12.1 Å². The Morgan fingerprint density at radius 1 is 1.33 bits per heavy atom. The number of rotatable bonds is 4. The molecular weight excluding hydrogens is 230 g/mol. The fourth-order valence-corrected chi connectivity index (χ4v) is 2.23. The molecule has 98 valence electrons. The van der Waals surface area contributed by atoms with Crippen molar-refractivity contribution in [2.75, 3.05) is 26.2 Å². The minimum Gasteiger partial charge on any atom is -0.354 e. The van der Waals surface area contributed by atoms with Crippen molar-refractivity contribution in [3.8, 4) is 0 Å². The van der Waals surface area contributed by atoms with Gasteiger partial charge in [-0.1, -0.05) is 0 Å². The van der Waals surface area contributed by atoms with Crippen LogP contribution in [0.15, 0.2) is 18.3 Å². The van der Waals surface area contributed by atoms with Crippen LogP contribution in [0.4, 0.5) is 0 Å². The fraction of sp³-hybridized carbons (Fsp3) is 0.538. The van der Waals surface area contributed by atoms with Crippen LogP contribution in [-0.2, 0) is 23.1 Å². The summed E-state index contributed by atoms with van der Waals surface area (Å²) >= 11 is 0. The summed E-state index contributed by atoms with van der Waals surface area (Å²) in [5.74, 6) is 0.182. The van der Waals surface area contributed by atoms with Gasteiger partial charge in [0.25, 0.3) is 0 Å². The summed E-state index contributed by atoms with van der Waals surface area (Å²) in [5, 5.41) is 0. The Balaban J connectivity index is 1.79. The Kier molecular flexibility index (Phi) is 4.02. The van der Waals surface area contributed by atoms with E-state index in [1.54, 1.807) is 4.90 Å². The molecule has 0 radical (unpaired) electrons. The van der Waals surface area contributed by atoms with Crippen molar-refractivity contribution in [1.82, 2.24) is 14.4 Å². The zero-order valence-electron chi connectivity index (χ0n) is 10.7. The number of carbonyl (C=O) groups excluding carboxylic acids is 2. The van der Waals surface area contributed by atoms with E-state index in [2.05, 4.69) is 0 Å². The summed E-state index contributed by atoms with van der Waals surface area (Å²) in [5.41, 5.74) is 1.18. The van der Waals surface area contributed by atoms with Crippen LogP contribution in [0, 0.1) is 0 Å². The van der Waals surface area contributed by atoms with Crippen molar-refractivity contribution in [1.29, 1.82) is 0 Å². The Bertz CT molecular complexity index is 420. The zero-order valence-corrected chi connectivity index (χ0v) is 10.7. The highest BCUT2D eigenvalue weighted by Gasteiger charge is 2.19. The molecule has 1 aliphatic rings. The van der Waals surface area contributed by atoms with Crippen molar-refractivity contribution in [3.63, 3.8) is 0 Å². The van der Waals surface area contributed by atoms with Crippen molar-refractivity contribution in [3.05, 3.63) is 24.0 Å². The first-order chi connectivity index (χ1) is 8.70. The summed E-state index contributed by atoms with van der Waals surface area (Å²) in [4.78, 5) is 26.1. The molecule has 0 aromatic carbocycles. The topological polar surface area (TPSA) is 45.6 Å². The van der Waals surface area contributed by atoms with Gasteiger partial charge in [0.15, 0.2) is 0 Å². The van der Waals surface area contributed by atoms with E-state index in [0.29, 0.717) is 32.6 Å². The molecule has 2 amide bonds. The van der Waals surface area contributed by atoms with Gasteiger partial charge in [0.05, 0.1) is 0 Å². The smallest absolute Gasteiger partial charge is 0.223 e. The minimum atomic E-state index is 0.182. The molecule has 0 unspecified atom stereocenters. The lowest BCUT2D eigenvalue weighted by molar-refractivity contribution is -0.135. The molecule has 0 bridgehead atoms. The van der Waals surface area contributed by atoms with Gasteiger partial charge in [0, 0.05) is 51.5 Å². The average Bonchev–Trinajstić information content (AvgIpc) is 2.81. The van der Waals surface area contributed by atoms with Crippen LogP contribution < -0.4 is 0 Å². The van der Waals surface area contributed by atoms with Gasteiger partial charge in [-0.25, -0.2) is 0 Å². The third kappa shape index (κ3) is 2.91. The maximum absolute atomic E-state index is 12.0. The Labute approximate surface area is 107 Å². The van der Waals surface area contributed by atoms with Gasteiger partial charge < -0.3 is 14.4 Å². The van der Waals surface area contributed by atoms with Gasteiger partial charge >= 0.3 is 0 Å². The van der Waals surface area contributed by atoms with Crippen molar-refractivity contribution < 1.29 is 9.59 Å². The molecule has 5 heteroatoms. The van der Waals surface area contributed by atoms with Gasteiger partial charge in [-0.2, -0.15) is 0 Å². The van der Waals surface area contributed by atoms with Crippen LogP contribution in [0.25, 0.3) is 0 Å². The van der Waals surface area contributed by atoms with Crippen LogP contribution in [0.2, 0.25) is 0 Å². The molecule has 1 fully saturated rings. The van der Waals surface area contributed by atoms with Gasteiger partial charge in [-0.3, -0.25) is 9.59 Å². The zero-order chi connectivity index (χ0) is 13.0. The summed E-state index contributed by atoms with van der Waals surface area (Å²) in [6.07, 6.45) is 4.16. The molecule has 1 aliphatic heterocycles. The SMILES string of the molecule is Cn1cccc1CCC(=O)N1CCN(C=O)CC1. The van der Waals surface area contributed by atoms with E-state index < -0.39 is 0 Å². The molecule has 0 atom stereocenters. The first-order valence-corrected chi connectivity index (χ1v) is 6.28. The van der Waals surface area contributed by atoms with E-state index >= 15 is 0 Å². The lowest BCUT2D eigenvalue weighted by atomic mass is 10.2. The second-order valence-corrected chi connectivity index (χ2v) is 4.63. The molecule has 0 spiro atoms. The van der Waals surface area contributed by atoms with Crippen LogP contribution in [0.5, 0.6) is 0 Å². The quantitative estimate of drug-likeness (QED) is 0.718. The highest BCUT2D eigenvalue weighted by atomic mass is 16.2. The van der Waals surface area contributed by atoms with Crippen LogP contribution in [-0.4, -0.2) is 52.9 Å². The standard InChI is InChI=1S/C13H19N3O2/c1-14-6-2-3-12(14)4-5-13(18)16-9-7-15(11-17)8-10-16/h2-3,6,11H,4-5,7-10H2,1H3. The number of hydrogen-bond acceptors (Lipinski definition) is 2. The summed E-state index contributed by atoms with van der Waals surface area (Å²) < 4.78 is 2.04. The third-order valence-electron chi connectivity index (χ3n) is 3.46. The number of nitrogens with zero attached hydrogens (tertiary/aromatic N) is 3. The predicted molar refractivity (Wildman–Crippen MR) is 68.0 cm³/mol. The first kappa shape index (κ1) is 12.7. The van der Waals surface area contributed by atoms with E-state index in [4.69, 9.17) is 0 Å². The second kappa shape index (κ2) is 5.71. The van der Waals surface area contributed by atoms with E-state index in [1.165, 1.54) is 5.69 Å². The number of carbonyl (C=O) groups is 2. The minimum absolute atomic E-state index is 0.182. The van der Waals surface area contributed by atoms with Gasteiger partial charge in [0.2, 0.25) is 12.3 Å². The highest BCUT2D eigenvalue weighted by Crippen LogP contribution is 2.07. The Hall–Kier alpha value is -1.78. The molecule has 0 aliphatic carbocycles. The second-order valence-electron chi connectivity index (χ2n) is 4.63. The maximum atomic E-state index is 12.0. The molecule has 1 saturated heterocycles. The van der Waals surface area contributed by atoms with E-state index in [9.17, 15) is 9.59 Å². The summed E-state index contributed by atoms with van der Waals surface area (Å²) in [7, 11) is 1.99. The number of aryl methyl sites for hydroxylation is 2. The van der Waals surface area contributed by atoms with Gasteiger partial charge in [0.1, 0.15) is 0 Å². The molecule has 1 aromatic heterocycles. The molecule has 0 saturated carbocycles. The monoisotopic (exact) mass is 249 g/mol. The normalized spacial score (nSPS) is 15.8. The maximum Gasteiger partial charge on any atom is 0.223 e. The molecule has 2 heterocycles. The largest absolute Gasteiger partial charge is 0.354 e. The van der Waals surface area contributed by atoms with E-state index in [-0.39, 0.29) is 5.91 Å². The fourth-order valence-electron chi connectivity index (χ4n) is 2.23. The molecule has 1 aromatic rings.